The Morgan fingerprint density at radius 1 is 1.30 bits per heavy atom. The number of carbonyl (C=O) groups excluding carboxylic acids is 1. The molecule has 122 valence electrons. The number of carboxylic acids is 1. The fourth-order valence-electron chi connectivity index (χ4n) is 2.02. The van der Waals surface area contributed by atoms with Crippen molar-refractivity contribution in [2.45, 2.75) is 32.2 Å². The van der Waals surface area contributed by atoms with Crippen molar-refractivity contribution in [3.05, 3.63) is 53.2 Å². The molecule has 2 aromatic rings. The molecule has 1 unspecified atom stereocenters. The van der Waals surface area contributed by atoms with Gasteiger partial charge in [0.25, 0.3) is 5.91 Å². The molecule has 0 saturated heterocycles. The van der Waals surface area contributed by atoms with Crippen LogP contribution < -0.4 is 5.32 Å². The van der Waals surface area contributed by atoms with Crippen LogP contribution in [-0.2, 0) is 4.79 Å². The molecule has 0 bridgehead atoms. The van der Waals surface area contributed by atoms with Crippen molar-refractivity contribution in [1.29, 1.82) is 0 Å². The average Bonchev–Trinajstić information content (AvgIpc) is 2.97. The van der Waals surface area contributed by atoms with E-state index in [0.29, 0.717) is 11.3 Å². The molecule has 23 heavy (non-hydrogen) atoms. The van der Waals surface area contributed by atoms with Crippen molar-refractivity contribution in [3.8, 4) is 0 Å². The monoisotopic (exact) mass is 320 g/mol. The zero-order valence-corrected chi connectivity index (χ0v) is 12.7. The summed E-state index contributed by atoms with van der Waals surface area (Å²) in [5.41, 5.74) is 0.570. The molecule has 1 heterocycles. The van der Waals surface area contributed by atoms with Gasteiger partial charge in [0, 0.05) is 12.0 Å². The summed E-state index contributed by atoms with van der Waals surface area (Å²) in [7, 11) is 0. The fourth-order valence-corrected chi connectivity index (χ4v) is 2.02. The van der Waals surface area contributed by atoms with E-state index in [0.717, 1.165) is 0 Å². The number of aliphatic carboxylic acids is 1. The molecule has 0 aliphatic rings. The molecule has 0 fully saturated rings. The summed E-state index contributed by atoms with van der Waals surface area (Å²) >= 11 is 0. The number of halogens is 1. The van der Waals surface area contributed by atoms with Crippen molar-refractivity contribution in [2.24, 2.45) is 0 Å². The molecule has 2 N–H and O–H groups in total. The Labute approximate surface area is 132 Å². The number of carboxylic acid groups (broad SMARTS) is 1. The minimum absolute atomic E-state index is 0.0752. The lowest BCUT2D eigenvalue weighted by Crippen LogP contribution is -2.30. The number of hydrogen-bond acceptors (Lipinski definition) is 4. The molecule has 1 atom stereocenters. The lowest BCUT2D eigenvalue weighted by atomic mass is 10.0. The van der Waals surface area contributed by atoms with E-state index in [4.69, 9.17) is 9.63 Å². The Balaban J connectivity index is 2.17. The number of amides is 1. The molecule has 1 amide bonds. The predicted molar refractivity (Wildman–Crippen MR) is 79.5 cm³/mol. The second-order valence-corrected chi connectivity index (χ2v) is 5.44. The number of benzene rings is 1. The maximum Gasteiger partial charge on any atom is 0.305 e. The van der Waals surface area contributed by atoms with Gasteiger partial charge in [-0.05, 0) is 17.7 Å². The quantitative estimate of drug-likeness (QED) is 0.854. The van der Waals surface area contributed by atoms with Gasteiger partial charge in [-0.15, -0.1) is 0 Å². The van der Waals surface area contributed by atoms with Gasteiger partial charge in [0.1, 0.15) is 11.6 Å². The first-order valence-electron chi connectivity index (χ1n) is 7.11. The van der Waals surface area contributed by atoms with E-state index in [1.165, 1.54) is 30.3 Å². The van der Waals surface area contributed by atoms with Crippen molar-refractivity contribution in [1.82, 2.24) is 10.5 Å². The number of carbonyl (C=O) groups is 2. The van der Waals surface area contributed by atoms with Gasteiger partial charge in [0.2, 0.25) is 0 Å². The Hall–Kier alpha value is -2.70. The van der Waals surface area contributed by atoms with Crippen molar-refractivity contribution >= 4 is 11.9 Å². The topological polar surface area (TPSA) is 92.4 Å². The van der Waals surface area contributed by atoms with Crippen LogP contribution >= 0.6 is 0 Å². The summed E-state index contributed by atoms with van der Waals surface area (Å²) in [6.07, 6.45) is -0.327. The van der Waals surface area contributed by atoms with Gasteiger partial charge in [0.15, 0.2) is 5.69 Å². The first-order valence-corrected chi connectivity index (χ1v) is 7.11. The van der Waals surface area contributed by atoms with Crippen LogP contribution in [-0.4, -0.2) is 22.1 Å². The Kier molecular flexibility index (Phi) is 5.10. The van der Waals surface area contributed by atoms with Crippen LogP contribution in [0.2, 0.25) is 0 Å². The summed E-state index contributed by atoms with van der Waals surface area (Å²) in [5, 5.41) is 15.3. The number of aromatic nitrogens is 1. The molecule has 0 saturated carbocycles. The lowest BCUT2D eigenvalue weighted by Gasteiger charge is -2.16. The molecule has 1 aromatic heterocycles. The molecule has 1 aromatic carbocycles. The van der Waals surface area contributed by atoms with Crippen LogP contribution in [0.1, 0.15) is 54.0 Å². The van der Waals surface area contributed by atoms with E-state index in [-0.39, 0.29) is 18.0 Å². The smallest absolute Gasteiger partial charge is 0.305 e. The zero-order valence-electron chi connectivity index (χ0n) is 12.7. The SMILES string of the molecule is CC(C)c1cc(C(=O)NC(CC(=O)O)c2ccc(F)cc2)no1. The molecule has 0 aliphatic heterocycles. The third-order valence-corrected chi connectivity index (χ3v) is 3.29. The zero-order chi connectivity index (χ0) is 17.0. The number of rotatable bonds is 6. The highest BCUT2D eigenvalue weighted by molar-refractivity contribution is 5.92. The highest BCUT2D eigenvalue weighted by atomic mass is 19.1. The van der Waals surface area contributed by atoms with Crippen LogP contribution in [0.15, 0.2) is 34.9 Å². The summed E-state index contributed by atoms with van der Waals surface area (Å²) < 4.78 is 18.0. The second kappa shape index (κ2) is 7.04. The number of hydrogen-bond donors (Lipinski definition) is 2. The van der Waals surface area contributed by atoms with Crippen LogP contribution in [0.5, 0.6) is 0 Å². The fraction of sp³-hybridized carbons (Fsp3) is 0.312. The van der Waals surface area contributed by atoms with E-state index in [2.05, 4.69) is 10.5 Å². The predicted octanol–water partition coefficient (Wildman–Crippen LogP) is 2.88. The first kappa shape index (κ1) is 16.7. The highest BCUT2D eigenvalue weighted by Gasteiger charge is 2.21. The van der Waals surface area contributed by atoms with Crippen LogP contribution in [0.3, 0.4) is 0 Å². The third-order valence-electron chi connectivity index (χ3n) is 3.29. The van der Waals surface area contributed by atoms with Gasteiger partial charge in [-0.1, -0.05) is 31.1 Å². The van der Waals surface area contributed by atoms with E-state index in [9.17, 15) is 14.0 Å². The van der Waals surface area contributed by atoms with Crippen LogP contribution in [0.25, 0.3) is 0 Å². The molecule has 2 rings (SSSR count). The summed E-state index contributed by atoms with van der Waals surface area (Å²) in [5.74, 6) is -1.42. The van der Waals surface area contributed by atoms with Crippen molar-refractivity contribution < 1.29 is 23.6 Å². The average molecular weight is 320 g/mol. The largest absolute Gasteiger partial charge is 0.481 e. The maximum atomic E-state index is 13.0. The number of nitrogens with one attached hydrogen (secondary N) is 1. The first-order chi connectivity index (χ1) is 10.9. The summed E-state index contributed by atoms with van der Waals surface area (Å²) in [6.45, 7) is 3.79. The van der Waals surface area contributed by atoms with Gasteiger partial charge < -0.3 is 14.9 Å². The lowest BCUT2D eigenvalue weighted by molar-refractivity contribution is -0.137. The highest BCUT2D eigenvalue weighted by Crippen LogP contribution is 2.19. The minimum atomic E-state index is -1.08. The molecule has 0 spiro atoms. The van der Waals surface area contributed by atoms with Crippen molar-refractivity contribution in [3.63, 3.8) is 0 Å². The van der Waals surface area contributed by atoms with E-state index in [1.54, 1.807) is 0 Å². The van der Waals surface area contributed by atoms with Gasteiger partial charge in [-0.2, -0.15) is 0 Å². The van der Waals surface area contributed by atoms with E-state index < -0.39 is 23.7 Å². The van der Waals surface area contributed by atoms with Crippen LogP contribution in [0, 0.1) is 5.82 Å². The van der Waals surface area contributed by atoms with Gasteiger partial charge in [0.05, 0.1) is 12.5 Å². The van der Waals surface area contributed by atoms with E-state index >= 15 is 0 Å². The van der Waals surface area contributed by atoms with Gasteiger partial charge >= 0.3 is 5.97 Å². The molecule has 7 heteroatoms. The summed E-state index contributed by atoms with van der Waals surface area (Å²) in [6, 6.07) is 6.02. The molecular weight excluding hydrogens is 303 g/mol. The van der Waals surface area contributed by atoms with Gasteiger partial charge in [-0.3, -0.25) is 9.59 Å². The molecule has 0 aliphatic carbocycles. The molecule has 6 nitrogen and oxygen atoms in total. The van der Waals surface area contributed by atoms with Gasteiger partial charge in [-0.25, -0.2) is 4.39 Å². The second-order valence-electron chi connectivity index (χ2n) is 5.44. The van der Waals surface area contributed by atoms with E-state index in [1.807, 2.05) is 13.8 Å². The summed E-state index contributed by atoms with van der Waals surface area (Å²) in [4.78, 5) is 23.2. The minimum Gasteiger partial charge on any atom is -0.481 e. The third kappa shape index (κ3) is 4.38. The number of nitrogens with zero attached hydrogens (tertiary/aromatic N) is 1. The van der Waals surface area contributed by atoms with Crippen molar-refractivity contribution in [2.75, 3.05) is 0 Å². The standard InChI is InChI=1S/C16H17FN2O4/c1-9(2)14-7-13(19-23-14)16(22)18-12(8-15(20)21)10-3-5-11(17)6-4-10/h3-7,9,12H,8H2,1-2H3,(H,18,22)(H,20,21). The Morgan fingerprint density at radius 3 is 2.48 bits per heavy atom. The maximum absolute atomic E-state index is 13.0. The Bertz CT molecular complexity index is 694. The molecule has 0 radical (unpaired) electrons. The molecular formula is C16H17FN2O4. The van der Waals surface area contributed by atoms with Crippen LogP contribution in [0.4, 0.5) is 4.39 Å². The normalized spacial score (nSPS) is 12.2. The Morgan fingerprint density at radius 2 is 1.96 bits per heavy atom.